The predicted molar refractivity (Wildman–Crippen MR) is 59.2 cm³/mol. The number of hydrogen-bond donors (Lipinski definition) is 1. The van der Waals surface area contributed by atoms with Crippen LogP contribution in [0.25, 0.3) is 0 Å². The molecular formula is C11H17N3O2. The van der Waals surface area contributed by atoms with E-state index in [4.69, 9.17) is 4.74 Å². The van der Waals surface area contributed by atoms with Crippen LogP contribution in [-0.4, -0.2) is 34.9 Å². The van der Waals surface area contributed by atoms with Crippen LogP contribution < -0.4 is 5.32 Å². The molecule has 0 spiro atoms. The second-order valence-electron chi connectivity index (χ2n) is 3.93. The van der Waals surface area contributed by atoms with Gasteiger partial charge in [-0.3, -0.25) is 9.48 Å². The SMILES string of the molecule is CCn1cc(C(=O)NCC2CCCO2)cn1. The van der Waals surface area contributed by atoms with Crippen molar-refractivity contribution in [3.8, 4) is 0 Å². The second-order valence-corrected chi connectivity index (χ2v) is 3.93. The van der Waals surface area contributed by atoms with Crippen LogP contribution in [0, 0.1) is 0 Å². The first kappa shape index (κ1) is 11.1. The second kappa shape index (κ2) is 5.12. The van der Waals surface area contributed by atoms with Crippen LogP contribution in [0.4, 0.5) is 0 Å². The lowest BCUT2D eigenvalue weighted by molar-refractivity contribution is 0.0857. The van der Waals surface area contributed by atoms with Gasteiger partial charge in [-0.15, -0.1) is 0 Å². The zero-order chi connectivity index (χ0) is 11.4. The summed E-state index contributed by atoms with van der Waals surface area (Å²) in [4.78, 5) is 11.7. The van der Waals surface area contributed by atoms with Gasteiger partial charge in [-0.25, -0.2) is 0 Å². The number of nitrogens with one attached hydrogen (secondary N) is 1. The normalized spacial score (nSPS) is 19.9. The van der Waals surface area contributed by atoms with Crippen LogP contribution in [0.2, 0.25) is 0 Å². The Bertz CT molecular complexity index is 356. The fourth-order valence-electron chi connectivity index (χ4n) is 1.77. The van der Waals surface area contributed by atoms with Crippen molar-refractivity contribution in [2.45, 2.75) is 32.4 Å². The van der Waals surface area contributed by atoms with Gasteiger partial charge in [0.1, 0.15) is 0 Å². The number of aryl methyl sites for hydroxylation is 1. The van der Waals surface area contributed by atoms with Crippen molar-refractivity contribution in [1.29, 1.82) is 0 Å². The summed E-state index contributed by atoms with van der Waals surface area (Å²) in [5.41, 5.74) is 0.611. The molecule has 2 rings (SSSR count). The summed E-state index contributed by atoms with van der Waals surface area (Å²) in [5.74, 6) is -0.0739. The Balaban J connectivity index is 1.82. The fourth-order valence-corrected chi connectivity index (χ4v) is 1.77. The predicted octanol–water partition coefficient (Wildman–Crippen LogP) is 0.812. The minimum Gasteiger partial charge on any atom is -0.376 e. The molecule has 0 saturated carbocycles. The molecule has 1 saturated heterocycles. The number of hydrogen-bond acceptors (Lipinski definition) is 3. The van der Waals surface area contributed by atoms with E-state index in [1.54, 1.807) is 17.1 Å². The minimum absolute atomic E-state index is 0.0739. The molecule has 0 bridgehead atoms. The van der Waals surface area contributed by atoms with Crippen molar-refractivity contribution >= 4 is 5.91 Å². The first-order chi connectivity index (χ1) is 7.79. The van der Waals surface area contributed by atoms with Gasteiger partial charge >= 0.3 is 0 Å². The van der Waals surface area contributed by atoms with E-state index in [0.29, 0.717) is 12.1 Å². The molecule has 88 valence electrons. The number of rotatable bonds is 4. The Morgan fingerprint density at radius 1 is 1.75 bits per heavy atom. The molecule has 5 heteroatoms. The lowest BCUT2D eigenvalue weighted by Gasteiger charge is -2.09. The van der Waals surface area contributed by atoms with Crippen molar-refractivity contribution in [3.05, 3.63) is 18.0 Å². The maximum Gasteiger partial charge on any atom is 0.254 e. The van der Waals surface area contributed by atoms with Gasteiger partial charge in [0, 0.05) is 25.9 Å². The van der Waals surface area contributed by atoms with Gasteiger partial charge in [0.25, 0.3) is 5.91 Å². The Kier molecular flexibility index (Phi) is 3.56. The van der Waals surface area contributed by atoms with Crippen LogP contribution in [0.5, 0.6) is 0 Å². The van der Waals surface area contributed by atoms with E-state index >= 15 is 0 Å². The quantitative estimate of drug-likeness (QED) is 0.822. The van der Waals surface area contributed by atoms with Crippen molar-refractivity contribution < 1.29 is 9.53 Å². The summed E-state index contributed by atoms with van der Waals surface area (Å²) < 4.78 is 7.17. The molecule has 1 aliphatic heterocycles. The summed E-state index contributed by atoms with van der Waals surface area (Å²) in [6.07, 6.45) is 5.66. The molecule has 16 heavy (non-hydrogen) atoms. The average molecular weight is 223 g/mol. The zero-order valence-corrected chi connectivity index (χ0v) is 9.48. The highest BCUT2D eigenvalue weighted by Gasteiger charge is 2.17. The number of nitrogens with zero attached hydrogens (tertiary/aromatic N) is 2. The molecule has 0 aliphatic carbocycles. The van der Waals surface area contributed by atoms with Gasteiger partial charge in [-0.1, -0.05) is 0 Å². The van der Waals surface area contributed by atoms with Gasteiger partial charge in [-0.2, -0.15) is 5.10 Å². The van der Waals surface area contributed by atoms with Gasteiger partial charge in [0.05, 0.1) is 17.9 Å². The Labute approximate surface area is 94.8 Å². The first-order valence-corrected chi connectivity index (χ1v) is 5.72. The maximum atomic E-state index is 11.7. The van der Waals surface area contributed by atoms with Crippen LogP contribution >= 0.6 is 0 Å². The molecule has 1 unspecified atom stereocenters. The molecular weight excluding hydrogens is 206 g/mol. The third kappa shape index (κ3) is 2.61. The molecule has 0 aromatic carbocycles. The molecule has 1 N–H and O–H groups in total. The maximum absolute atomic E-state index is 11.7. The highest BCUT2D eigenvalue weighted by molar-refractivity contribution is 5.93. The molecule has 1 atom stereocenters. The highest BCUT2D eigenvalue weighted by atomic mass is 16.5. The average Bonchev–Trinajstić information content (AvgIpc) is 2.96. The standard InChI is InChI=1S/C11H17N3O2/c1-2-14-8-9(6-13-14)11(15)12-7-10-4-3-5-16-10/h6,8,10H,2-5,7H2,1H3,(H,12,15). The van der Waals surface area contributed by atoms with Gasteiger partial charge in [0.2, 0.25) is 0 Å². The van der Waals surface area contributed by atoms with E-state index < -0.39 is 0 Å². The van der Waals surface area contributed by atoms with Crippen molar-refractivity contribution in [3.63, 3.8) is 0 Å². The highest BCUT2D eigenvalue weighted by Crippen LogP contribution is 2.10. The molecule has 1 aromatic heterocycles. The van der Waals surface area contributed by atoms with Gasteiger partial charge < -0.3 is 10.1 Å². The summed E-state index contributed by atoms with van der Waals surface area (Å²) in [6, 6.07) is 0. The summed E-state index contributed by atoms with van der Waals surface area (Å²) >= 11 is 0. The molecule has 0 radical (unpaired) electrons. The largest absolute Gasteiger partial charge is 0.376 e. The molecule has 1 fully saturated rings. The number of ether oxygens (including phenoxy) is 1. The first-order valence-electron chi connectivity index (χ1n) is 5.72. The van der Waals surface area contributed by atoms with E-state index in [9.17, 15) is 4.79 Å². The third-order valence-electron chi connectivity index (χ3n) is 2.73. The minimum atomic E-state index is -0.0739. The smallest absolute Gasteiger partial charge is 0.254 e. The van der Waals surface area contributed by atoms with Crippen molar-refractivity contribution in [2.75, 3.05) is 13.2 Å². The fraction of sp³-hybridized carbons (Fsp3) is 0.636. The molecule has 1 aliphatic rings. The molecule has 1 amide bonds. The summed E-state index contributed by atoms with van der Waals surface area (Å²) in [6.45, 7) is 4.17. The van der Waals surface area contributed by atoms with Crippen molar-refractivity contribution in [1.82, 2.24) is 15.1 Å². The lowest BCUT2D eigenvalue weighted by Crippen LogP contribution is -2.31. The van der Waals surface area contributed by atoms with Crippen LogP contribution in [0.1, 0.15) is 30.1 Å². The lowest BCUT2D eigenvalue weighted by atomic mass is 10.2. The van der Waals surface area contributed by atoms with Crippen LogP contribution in [0.15, 0.2) is 12.4 Å². The zero-order valence-electron chi connectivity index (χ0n) is 9.48. The van der Waals surface area contributed by atoms with Gasteiger partial charge in [-0.05, 0) is 19.8 Å². The van der Waals surface area contributed by atoms with Crippen LogP contribution in [-0.2, 0) is 11.3 Å². The van der Waals surface area contributed by atoms with E-state index in [-0.39, 0.29) is 12.0 Å². The Morgan fingerprint density at radius 2 is 2.62 bits per heavy atom. The number of carbonyl (C=O) groups excluding carboxylic acids is 1. The van der Waals surface area contributed by atoms with E-state index in [1.807, 2.05) is 6.92 Å². The molecule has 5 nitrogen and oxygen atoms in total. The van der Waals surface area contributed by atoms with E-state index in [1.165, 1.54) is 0 Å². The van der Waals surface area contributed by atoms with Gasteiger partial charge in [0.15, 0.2) is 0 Å². The van der Waals surface area contributed by atoms with E-state index in [0.717, 1.165) is 26.0 Å². The Hall–Kier alpha value is -1.36. The monoisotopic (exact) mass is 223 g/mol. The topological polar surface area (TPSA) is 56.2 Å². The molecule has 1 aromatic rings. The van der Waals surface area contributed by atoms with E-state index in [2.05, 4.69) is 10.4 Å². The molecule has 2 heterocycles. The number of carbonyl (C=O) groups is 1. The third-order valence-corrected chi connectivity index (χ3v) is 2.73. The Morgan fingerprint density at radius 3 is 3.25 bits per heavy atom. The summed E-state index contributed by atoms with van der Waals surface area (Å²) in [5, 5.41) is 6.92. The number of amides is 1. The van der Waals surface area contributed by atoms with Crippen molar-refractivity contribution in [2.24, 2.45) is 0 Å². The number of aromatic nitrogens is 2. The van der Waals surface area contributed by atoms with Crippen LogP contribution in [0.3, 0.4) is 0 Å². The summed E-state index contributed by atoms with van der Waals surface area (Å²) in [7, 11) is 0.